The van der Waals surface area contributed by atoms with E-state index in [4.69, 9.17) is 4.74 Å². The minimum Gasteiger partial charge on any atom is -0.492 e. The number of likely N-dealkylation sites (tertiary alicyclic amines) is 1. The Morgan fingerprint density at radius 1 is 1.07 bits per heavy atom. The number of amides is 2. The molecule has 1 aliphatic rings. The van der Waals surface area contributed by atoms with Crippen LogP contribution >= 0.6 is 15.9 Å². The molecule has 0 saturated carbocycles. The minimum absolute atomic E-state index is 0.0311. The van der Waals surface area contributed by atoms with Crippen molar-refractivity contribution < 1.29 is 14.3 Å². The normalized spacial score (nSPS) is 14.5. The Bertz CT molecular complexity index is 870. The minimum atomic E-state index is -0.0369. The highest BCUT2D eigenvalue weighted by molar-refractivity contribution is 9.10. The Hall–Kier alpha value is -2.34. The molecule has 0 radical (unpaired) electrons. The first-order valence-corrected chi connectivity index (χ1v) is 11.1. The van der Waals surface area contributed by atoms with Gasteiger partial charge in [0.25, 0.3) is 5.91 Å². The van der Waals surface area contributed by atoms with E-state index in [1.807, 2.05) is 62.2 Å². The molecule has 3 rings (SSSR count). The second kappa shape index (κ2) is 10.1. The lowest BCUT2D eigenvalue weighted by Crippen LogP contribution is -2.44. The highest BCUT2D eigenvalue weighted by Gasteiger charge is 2.29. The number of halogens is 1. The van der Waals surface area contributed by atoms with Gasteiger partial charge in [-0.2, -0.15) is 0 Å². The predicted molar refractivity (Wildman–Crippen MR) is 122 cm³/mol. The van der Waals surface area contributed by atoms with Crippen molar-refractivity contribution in [2.45, 2.75) is 26.7 Å². The van der Waals surface area contributed by atoms with E-state index in [9.17, 15) is 9.59 Å². The van der Waals surface area contributed by atoms with Crippen molar-refractivity contribution in [1.82, 2.24) is 9.80 Å². The molecule has 0 aliphatic carbocycles. The maximum absolute atomic E-state index is 12.8. The number of nitrogens with zero attached hydrogens (tertiary/aromatic N) is 2. The van der Waals surface area contributed by atoms with Gasteiger partial charge in [-0.25, -0.2) is 0 Å². The number of ether oxygens (including phenoxy) is 1. The SMILES string of the molecule is Cc1cc(C)cc(OCCN(C)C(=O)C2CCN(C(=O)c3ccc(Br)cc3)CC2)c1. The predicted octanol–water partition coefficient (Wildman–Crippen LogP) is 4.46. The van der Waals surface area contributed by atoms with Crippen LogP contribution in [0.4, 0.5) is 0 Å². The average Bonchev–Trinajstić information content (AvgIpc) is 2.72. The number of hydrogen-bond acceptors (Lipinski definition) is 3. The van der Waals surface area contributed by atoms with Crippen molar-refractivity contribution in [3.05, 3.63) is 63.6 Å². The van der Waals surface area contributed by atoms with E-state index >= 15 is 0 Å². The zero-order valence-electron chi connectivity index (χ0n) is 17.9. The molecule has 0 atom stereocenters. The maximum atomic E-state index is 12.8. The summed E-state index contributed by atoms with van der Waals surface area (Å²) in [5.41, 5.74) is 3.02. The topological polar surface area (TPSA) is 49.9 Å². The fourth-order valence-electron chi connectivity index (χ4n) is 3.84. The molecule has 2 aromatic rings. The first-order valence-electron chi connectivity index (χ1n) is 10.3. The fraction of sp³-hybridized carbons (Fsp3) is 0.417. The molecule has 0 N–H and O–H groups in total. The van der Waals surface area contributed by atoms with Crippen molar-refractivity contribution in [2.24, 2.45) is 5.92 Å². The molecular weight excluding hydrogens is 444 g/mol. The number of aryl methyl sites for hydroxylation is 2. The van der Waals surface area contributed by atoms with Crippen LogP contribution in [0.5, 0.6) is 5.75 Å². The zero-order chi connectivity index (χ0) is 21.7. The van der Waals surface area contributed by atoms with E-state index in [1.54, 1.807) is 4.90 Å². The summed E-state index contributed by atoms with van der Waals surface area (Å²) in [6, 6.07) is 13.5. The molecule has 2 aromatic carbocycles. The van der Waals surface area contributed by atoms with Crippen LogP contribution in [-0.4, -0.2) is 54.9 Å². The van der Waals surface area contributed by atoms with Crippen LogP contribution in [0.25, 0.3) is 0 Å². The van der Waals surface area contributed by atoms with Crippen LogP contribution in [0, 0.1) is 19.8 Å². The number of likely N-dealkylation sites (N-methyl/N-ethyl adjacent to an activating group) is 1. The van der Waals surface area contributed by atoms with Crippen molar-refractivity contribution in [2.75, 3.05) is 33.3 Å². The Labute approximate surface area is 187 Å². The molecule has 0 unspecified atom stereocenters. The summed E-state index contributed by atoms with van der Waals surface area (Å²) < 4.78 is 6.78. The Morgan fingerprint density at radius 2 is 1.67 bits per heavy atom. The molecule has 1 fully saturated rings. The quantitative estimate of drug-likeness (QED) is 0.623. The van der Waals surface area contributed by atoms with Crippen LogP contribution in [0.1, 0.15) is 34.3 Å². The van der Waals surface area contributed by atoms with Gasteiger partial charge in [0.05, 0.1) is 6.54 Å². The largest absolute Gasteiger partial charge is 0.492 e. The lowest BCUT2D eigenvalue weighted by atomic mass is 9.95. The summed E-state index contributed by atoms with van der Waals surface area (Å²) in [6.07, 6.45) is 1.40. The zero-order valence-corrected chi connectivity index (χ0v) is 19.4. The maximum Gasteiger partial charge on any atom is 0.253 e. The molecule has 0 aromatic heterocycles. The third-order valence-corrected chi connectivity index (χ3v) is 6.02. The molecule has 30 heavy (non-hydrogen) atoms. The van der Waals surface area contributed by atoms with Gasteiger partial charge >= 0.3 is 0 Å². The van der Waals surface area contributed by atoms with Crippen LogP contribution < -0.4 is 4.74 Å². The summed E-state index contributed by atoms with van der Waals surface area (Å²) in [5.74, 6) is 0.969. The van der Waals surface area contributed by atoms with E-state index in [-0.39, 0.29) is 17.7 Å². The molecule has 1 aliphatic heterocycles. The van der Waals surface area contributed by atoms with Gasteiger partial charge in [0.15, 0.2) is 0 Å². The van der Waals surface area contributed by atoms with E-state index in [1.165, 1.54) is 11.1 Å². The lowest BCUT2D eigenvalue weighted by Gasteiger charge is -2.33. The van der Waals surface area contributed by atoms with Crippen LogP contribution in [0.2, 0.25) is 0 Å². The van der Waals surface area contributed by atoms with Crippen LogP contribution in [-0.2, 0) is 4.79 Å². The van der Waals surface area contributed by atoms with Gasteiger partial charge in [-0.05, 0) is 74.2 Å². The first kappa shape index (κ1) is 22.3. The summed E-state index contributed by atoms with van der Waals surface area (Å²) in [4.78, 5) is 29.0. The second-order valence-electron chi connectivity index (χ2n) is 8.01. The summed E-state index contributed by atoms with van der Waals surface area (Å²) in [7, 11) is 1.83. The second-order valence-corrected chi connectivity index (χ2v) is 8.92. The number of benzene rings is 2. The van der Waals surface area contributed by atoms with Crippen molar-refractivity contribution >= 4 is 27.7 Å². The number of rotatable bonds is 6. The molecule has 5 nitrogen and oxygen atoms in total. The van der Waals surface area contributed by atoms with Gasteiger partial charge < -0.3 is 14.5 Å². The molecule has 1 heterocycles. The van der Waals surface area contributed by atoms with Crippen molar-refractivity contribution in [3.63, 3.8) is 0 Å². The molecule has 6 heteroatoms. The van der Waals surface area contributed by atoms with E-state index in [0.29, 0.717) is 44.6 Å². The summed E-state index contributed by atoms with van der Waals surface area (Å²) in [5, 5.41) is 0. The number of carbonyl (C=O) groups excluding carboxylic acids is 2. The monoisotopic (exact) mass is 472 g/mol. The smallest absolute Gasteiger partial charge is 0.253 e. The van der Waals surface area contributed by atoms with E-state index in [0.717, 1.165) is 10.2 Å². The number of piperidine rings is 1. The third kappa shape index (κ3) is 5.85. The van der Waals surface area contributed by atoms with Gasteiger partial charge in [-0.3, -0.25) is 9.59 Å². The summed E-state index contributed by atoms with van der Waals surface area (Å²) >= 11 is 3.39. The van der Waals surface area contributed by atoms with Gasteiger partial charge in [-0.1, -0.05) is 22.0 Å². The molecule has 0 bridgehead atoms. The van der Waals surface area contributed by atoms with Gasteiger partial charge in [0.1, 0.15) is 12.4 Å². The van der Waals surface area contributed by atoms with Gasteiger partial charge in [0.2, 0.25) is 5.91 Å². The number of hydrogen-bond donors (Lipinski definition) is 0. The Balaban J connectivity index is 1.44. The molecule has 0 spiro atoms. The standard InChI is InChI=1S/C24H29BrN2O3/c1-17-14-18(2)16-22(15-17)30-13-12-26(3)23(28)20-8-10-27(11-9-20)24(29)19-4-6-21(25)7-5-19/h4-7,14-16,20H,8-13H2,1-3H3. The molecule has 1 saturated heterocycles. The number of carbonyl (C=O) groups is 2. The van der Waals surface area contributed by atoms with E-state index < -0.39 is 0 Å². The van der Waals surface area contributed by atoms with Crippen LogP contribution in [0.3, 0.4) is 0 Å². The first-order chi connectivity index (χ1) is 14.3. The van der Waals surface area contributed by atoms with Crippen molar-refractivity contribution in [3.8, 4) is 5.75 Å². The van der Waals surface area contributed by atoms with Crippen molar-refractivity contribution in [1.29, 1.82) is 0 Å². The van der Waals surface area contributed by atoms with E-state index in [2.05, 4.69) is 22.0 Å². The lowest BCUT2D eigenvalue weighted by molar-refractivity contribution is -0.135. The van der Waals surface area contributed by atoms with Crippen LogP contribution in [0.15, 0.2) is 46.9 Å². The molecular formula is C24H29BrN2O3. The van der Waals surface area contributed by atoms with Gasteiger partial charge in [-0.15, -0.1) is 0 Å². The van der Waals surface area contributed by atoms with Gasteiger partial charge in [0, 0.05) is 36.1 Å². The third-order valence-electron chi connectivity index (χ3n) is 5.49. The summed E-state index contributed by atoms with van der Waals surface area (Å²) in [6.45, 7) is 6.32. The fourth-order valence-corrected chi connectivity index (χ4v) is 4.11. The molecule has 2 amide bonds. The Morgan fingerprint density at radius 3 is 2.27 bits per heavy atom. The highest BCUT2D eigenvalue weighted by atomic mass is 79.9. The Kier molecular flexibility index (Phi) is 7.53. The molecule has 160 valence electrons. The highest BCUT2D eigenvalue weighted by Crippen LogP contribution is 2.22. The average molecular weight is 473 g/mol.